The number of carbonyl (C=O) groups excluding carboxylic acids is 1. The Balaban J connectivity index is 1.49. The highest BCUT2D eigenvalue weighted by molar-refractivity contribution is 5.92. The van der Waals surface area contributed by atoms with E-state index in [9.17, 15) is 23.7 Å². The topological polar surface area (TPSA) is 95.6 Å². The number of nitrogens with one attached hydrogen (secondary N) is 1. The molecule has 138 valence electrons. The Morgan fingerprint density at radius 2 is 1.93 bits per heavy atom. The molecule has 1 N–H and O–H groups in total. The molecular weight excluding hydrogens is 364 g/mol. The van der Waals surface area contributed by atoms with Gasteiger partial charge in [0.05, 0.1) is 4.92 Å². The Morgan fingerprint density at radius 1 is 1.15 bits per heavy atom. The third-order valence-corrected chi connectivity index (χ3v) is 3.96. The summed E-state index contributed by atoms with van der Waals surface area (Å²) in [7, 11) is 0. The number of nitrogens with zero attached hydrogens (tertiary/aromatic N) is 2. The number of non-ortho nitro benzene ring substituents is 1. The number of hydrogen-bond donors (Lipinski definition) is 1. The lowest BCUT2D eigenvalue weighted by Gasteiger charge is -2.08. The van der Waals surface area contributed by atoms with E-state index in [1.165, 1.54) is 30.3 Å². The highest BCUT2D eigenvalue weighted by Crippen LogP contribution is 2.42. The number of alkyl halides is 2. The third kappa shape index (κ3) is 3.24. The molecule has 27 heavy (non-hydrogen) atoms. The summed E-state index contributed by atoms with van der Waals surface area (Å²) < 4.78 is 36.3. The molecule has 0 atom stereocenters. The van der Waals surface area contributed by atoms with Crippen molar-refractivity contribution in [3.05, 3.63) is 58.8 Å². The molecule has 10 heteroatoms. The minimum Gasteiger partial charge on any atom is -0.395 e. The molecule has 0 saturated heterocycles. The molecule has 4 rings (SSSR count). The van der Waals surface area contributed by atoms with E-state index in [0.717, 1.165) is 0 Å². The molecule has 0 saturated carbocycles. The first-order chi connectivity index (χ1) is 12.8. The number of halogens is 2. The zero-order valence-corrected chi connectivity index (χ0v) is 13.5. The minimum atomic E-state index is -3.72. The van der Waals surface area contributed by atoms with Gasteiger partial charge < -0.3 is 19.4 Å². The van der Waals surface area contributed by atoms with Crippen molar-refractivity contribution < 1.29 is 28.0 Å². The molecule has 0 aliphatic carbocycles. The van der Waals surface area contributed by atoms with Crippen LogP contribution in [0.1, 0.15) is 0 Å². The molecular formula is C17H11F2N3O5. The van der Waals surface area contributed by atoms with E-state index >= 15 is 0 Å². The first-order valence-corrected chi connectivity index (χ1v) is 7.74. The van der Waals surface area contributed by atoms with E-state index < -0.39 is 17.1 Å². The van der Waals surface area contributed by atoms with Crippen LogP contribution in [0.15, 0.2) is 48.7 Å². The number of aromatic nitrogens is 1. The first kappa shape index (κ1) is 16.8. The number of nitro benzene ring substituents is 1. The molecule has 0 radical (unpaired) electrons. The van der Waals surface area contributed by atoms with E-state index in [-0.39, 0.29) is 29.4 Å². The first-order valence-electron chi connectivity index (χ1n) is 7.74. The number of fused-ring (bicyclic) bond motifs is 2. The summed E-state index contributed by atoms with van der Waals surface area (Å²) in [6, 6.07) is 9.93. The molecule has 1 aromatic heterocycles. The number of nitro groups is 1. The van der Waals surface area contributed by atoms with Crippen molar-refractivity contribution in [1.29, 1.82) is 0 Å². The van der Waals surface area contributed by atoms with Gasteiger partial charge in [0.25, 0.3) is 5.69 Å². The predicted octanol–water partition coefficient (Wildman–Crippen LogP) is 3.51. The number of ether oxygens (including phenoxy) is 2. The van der Waals surface area contributed by atoms with Crippen LogP contribution < -0.4 is 14.8 Å². The summed E-state index contributed by atoms with van der Waals surface area (Å²) in [5.41, 5.74) is 0.884. The second kappa shape index (κ2) is 5.94. The van der Waals surface area contributed by atoms with Gasteiger partial charge in [-0.15, -0.1) is 8.78 Å². The largest absolute Gasteiger partial charge is 0.586 e. The number of benzene rings is 2. The van der Waals surface area contributed by atoms with Crippen LogP contribution in [-0.4, -0.2) is 21.7 Å². The molecule has 0 fully saturated rings. The normalized spacial score (nSPS) is 14.3. The minimum absolute atomic E-state index is 0.0399. The van der Waals surface area contributed by atoms with Crippen LogP contribution in [-0.2, 0) is 11.3 Å². The number of carbonyl (C=O) groups is 1. The van der Waals surface area contributed by atoms with Crippen molar-refractivity contribution in [2.45, 2.75) is 12.8 Å². The maximum atomic E-state index is 13.0. The molecule has 1 amide bonds. The smallest absolute Gasteiger partial charge is 0.395 e. The quantitative estimate of drug-likeness (QED) is 0.556. The van der Waals surface area contributed by atoms with Crippen LogP contribution in [0.4, 0.5) is 20.2 Å². The fourth-order valence-electron chi connectivity index (χ4n) is 2.82. The van der Waals surface area contributed by atoms with E-state index in [1.807, 2.05) is 0 Å². The van der Waals surface area contributed by atoms with Gasteiger partial charge in [0.15, 0.2) is 11.5 Å². The van der Waals surface area contributed by atoms with Crippen LogP contribution in [0.25, 0.3) is 10.9 Å². The van der Waals surface area contributed by atoms with Crippen molar-refractivity contribution in [2.75, 3.05) is 5.32 Å². The summed E-state index contributed by atoms with van der Waals surface area (Å²) >= 11 is 0. The second-order valence-electron chi connectivity index (χ2n) is 5.82. The van der Waals surface area contributed by atoms with Crippen molar-refractivity contribution in [3.63, 3.8) is 0 Å². The van der Waals surface area contributed by atoms with Gasteiger partial charge in [0.1, 0.15) is 6.54 Å². The molecule has 3 aromatic rings. The van der Waals surface area contributed by atoms with E-state index in [4.69, 9.17) is 0 Å². The Labute approximate surface area is 150 Å². The van der Waals surface area contributed by atoms with Gasteiger partial charge >= 0.3 is 6.29 Å². The lowest BCUT2D eigenvalue weighted by molar-refractivity contribution is -0.384. The molecule has 0 unspecified atom stereocenters. The molecule has 2 aromatic carbocycles. The molecule has 2 heterocycles. The summed E-state index contributed by atoms with van der Waals surface area (Å²) in [4.78, 5) is 22.6. The zero-order valence-electron chi connectivity index (χ0n) is 13.5. The summed E-state index contributed by atoms with van der Waals surface area (Å²) in [5.74, 6) is -0.691. The van der Waals surface area contributed by atoms with Gasteiger partial charge in [-0.2, -0.15) is 0 Å². The highest BCUT2D eigenvalue weighted by atomic mass is 19.3. The van der Waals surface area contributed by atoms with Gasteiger partial charge in [-0.1, -0.05) is 0 Å². The lowest BCUT2D eigenvalue weighted by Crippen LogP contribution is -2.25. The van der Waals surface area contributed by atoms with Crippen molar-refractivity contribution in [3.8, 4) is 11.5 Å². The number of hydrogen-bond acceptors (Lipinski definition) is 5. The van der Waals surface area contributed by atoms with Crippen LogP contribution >= 0.6 is 0 Å². The Hall–Kier alpha value is -3.69. The molecule has 0 bridgehead atoms. The van der Waals surface area contributed by atoms with Crippen molar-refractivity contribution >= 4 is 28.2 Å². The number of amides is 1. The fraction of sp³-hybridized carbons (Fsp3) is 0.118. The van der Waals surface area contributed by atoms with E-state index in [0.29, 0.717) is 10.9 Å². The Morgan fingerprint density at radius 3 is 2.70 bits per heavy atom. The predicted molar refractivity (Wildman–Crippen MR) is 89.9 cm³/mol. The Kier molecular flexibility index (Phi) is 3.69. The third-order valence-electron chi connectivity index (χ3n) is 3.96. The van der Waals surface area contributed by atoms with Gasteiger partial charge in [-0.3, -0.25) is 14.9 Å². The van der Waals surface area contributed by atoms with Crippen LogP contribution in [0.2, 0.25) is 0 Å². The van der Waals surface area contributed by atoms with Crippen molar-refractivity contribution in [2.24, 2.45) is 0 Å². The van der Waals surface area contributed by atoms with Crippen LogP contribution in [0.3, 0.4) is 0 Å². The highest BCUT2D eigenvalue weighted by Gasteiger charge is 2.43. The Bertz CT molecular complexity index is 1080. The summed E-state index contributed by atoms with van der Waals surface area (Å²) in [6.07, 6.45) is -2.09. The summed E-state index contributed by atoms with van der Waals surface area (Å²) in [5, 5.41) is 14.0. The van der Waals surface area contributed by atoms with E-state index in [2.05, 4.69) is 14.8 Å². The second-order valence-corrected chi connectivity index (χ2v) is 5.82. The van der Waals surface area contributed by atoms with Gasteiger partial charge in [-0.05, 0) is 24.3 Å². The average Bonchev–Trinajstić information content (AvgIpc) is 3.12. The molecule has 1 aliphatic heterocycles. The monoisotopic (exact) mass is 375 g/mol. The molecule has 8 nitrogen and oxygen atoms in total. The van der Waals surface area contributed by atoms with Crippen LogP contribution in [0, 0.1) is 10.1 Å². The number of anilines is 1. The average molecular weight is 375 g/mol. The fourth-order valence-corrected chi connectivity index (χ4v) is 2.82. The van der Waals surface area contributed by atoms with Gasteiger partial charge in [0.2, 0.25) is 5.91 Å². The maximum Gasteiger partial charge on any atom is 0.586 e. The van der Waals surface area contributed by atoms with E-state index in [1.54, 1.807) is 22.9 Å². The van der Waals surface area contributed by atoms with Gasteiger partial charge in [0, 0.05) is 41.0 Å². The maximum absolute atomic E-state index is 13.0. The number of rotatable bonds is 4. The van der Waals surface area contributed by atoms with Gasteiger partial charge in [-0.25, -0.2) is 0 Å². The standard InChI is InChI=1S/C17H11F2N3O5/c18-17(19)26-14-4-1-11(8-15(14)27-17)20-16(23)9-21-6-5-10-7-12(22(24)25)2-3-13(10)21/h1-8H,9H2,(H,20,23). The zero-order chi connectivity index (χ0) is 19.2. The SMILES string of the molecule is O=C(Cn1ccc2cc([N+](=O)[O-])ccc21)Nc1ccc2c(c1)OC(F)(F)O2. The summed E-state index contributed by atoms with van der Waals surface area (Å²) in [6.45, 7) is -0.0636. The van der Waals surface area contributed by atoms with Crippen molar-refractivity contribution in [1.82, 2.24) is 4.57 Å². The molecule has 1 aliphatic rings. The lowest BCUT2D eigenvalue weighted by atomic mass is 10.2. The van der Waals surface area contributed by atoms with Crippen LogP contribution in [0.5, 0.6) is 11.5 Å². The molecule has 0 spiro atoms.